The largest absolute Gasteiger partial charge is 0.212 e. The molecule has 3 aromatic rings. The molecule has 0 unspecified atom stereocenters. The molecule has 23 heavy (non-hydrogen) atoms. The number of aromatic nitrogens is 3. The first-order valence-electron chi connectivity index (χ1n) is 6.78. The first-order valence-corrected chi connectivity index (χ1v) is 8.93. The van der Waals surface area contributed by atoms with E-state index in [4.69, 9.17) is 11.6 Å². The minimum absolute atomic E-state index is 0.737. The van der Waals surface area contributed by atoms with Crippen molar-refractivity contribution in [1.29, 1.82) is 0 Å². The fraction of sp³-hybridized carbons (Fsp3) is 0.0625. The number of hydrogen-bond acceptors (Lipinski definition) is 4. The summed E-state index contributed by atoms with van der Waals surface area (Å²) >= 11 is 10.9. The lowest BCUT2D eigenvalue weighted by Crippen LogP contribution is -1.92. The fourth-order valence-electron chi connectivity index (χ4n) is 1.84. The van der Waals surface area contributed by atoms with Crippen molar-refractivity contribution >= 4 is 45.5 Å². The topological polar surface area (TPSA) is 43.1 Å². The number of nitrogens with zero attached hydrogens (tertiary/aromatic N) is 4. The van der Waals surface area contributed by atoms with Crippen molar-refractivity contribution in [2.45, 2.75) is 10.9 Å². The molecule has 0 fully saturated rings. The van der Waals surface area contributed by atoms with Crippen molar-refractivity contribution in [2.75, 3.05) is 0 Å². The van der Waals surface area contributed by atoms with E-state index >= 15 is 0 Å². The van der Waals surface area contributed by atoms with Crippen molar-refractivity contribution in [2.24, 2.45) is 5.10 Å². The van der Waals surface area contributed by atoms with Crippen LogP contribution in [0.1, 0.15) is 11.1 Å². The van der Waals surface area contributed by atoms with Gasteiger partial charge >= 0.3 is 0 Å². The third-order valence-corrected chi connectivity index (χ3v) is 4.71. The maximum Gasteiger partial charge on any atom is 0.212 e. The highest BCUT2D eigenvalue weighted by atomic mass is 79.9. The van der Waals surface area contributed by atoms with E-state index in [1.165, 1.54) is 5.56 Å². The predicted octanol–water partition coefficient (Wildman–Crippen LogP) is 4.87. The number of benzene rings is 2. The third kappa shape index (κ3) is 4.67. The van der Waals surface area contributed by atoms with E-state index in [2.05, 4.69) is 31.2 Å². The van der Waals surface area contributed by atoms with E-state index in [0.717, 1.165) is 26.0 Å². The van der Waals surface area contributed by atoms with Gasteiger partial charge in [-0.1, -0.05) is 63.6 Å². The summed E-state index contributed by atoms with van der Waals surface area (Å²) in [7, 11) is 0. The summed E-state index contributed by atoms with van der Waals surface area (Å²) in [5, 5.41) is 13.9. The SMILES string of the molecule is Clc1ccc(CSc2nncn2/N=C/c2cccc(Br)c2)cc1. The summed E-state index contributed by atoms with van der Waals surface area (Å²) in [6.45, 7) is 0. The Morgan fingerprint density at radius 3 is 2.83 bits per heavy atom. The van der Waals surface area contributed by atoms with Crippen LogP contribution in [0, 0.1) is 0 Å². The molecule has 0 radical (unpaired) electrons. The predicted molar refractivity (Wildman–Crippen MR) is 98.2 cm³/mol. The van der Waals surface area contributed by atoms with Crippen molar-refractivity contribution < 1.29 is 0 Å². The van der Waals surface area contributed by atoms with Gasteiger partial charge in [-0.25, -0.2) is 0 Å². The lowest BCUT2D eigenvalue weighted by atomic mass is 10.2. The van der Waals surface area contributed by atoms with Crippen LogP contribution in [0.2, 0.25) is 5.02 Å². The first-order chi connectivity index (χ1) is 11.2. The highest BCUT2D eigenvalue weighted by Crippen LogP contribution is 2.21. The average molecular weight is 408 g/mol. The monoisotopic (exact) mass is 406 g/mol. The Balaban J connectivity index is 1.68. The quantitative estimate of drug-likeness (QED) is 0.448. The minimum atomic E-state index is 0.737. The third-order valence-electron chi connectivity index (χ3n) is 2.96. The van der Waals surface area contributed by atoms with Crippen LogP contribution in [0.4, 0.5) is 0 Å². The lowest BCUT2D eigenvalue weighted by Gasteiger charge is -2.01. The molecular formula is C16H12BrClN4S. The molecule has 0 aliphatic heterocycles. The van der Waals surface area contributed by atoms with Crippen LogP contribution in [-0.4, -0.2) is 21.1 Å². The number of thioether (sulfide) groups is 1. The van der Waals surface area contributed by atoms with Gasteiger partial charge in [0.05, 0.1) is 6.21 Å². The maximum atomic E-state index is 5.89. The van der Waals surface area contributed by atoms with Crippen LogP contribution in [0.5, 0.6) is 0 Å². The molecule has 1 aromatic heterocycles. The molecule has 2 aromatic carbocycles. The molecule has 3 rings (SSSR count). The van der Waals surface area contributed by atoms with E-state index < -0.39 is 0 Å². The van der Waals surface area contributed by atoms with Crippen LogP contribution in [0.25, 0.3) is 0 Å². The molecule has 4 nitrogen and oxygen atoms in total. The molecule has 0 saturated heterocycles. The van der Waals surface area contributed by atoms with Crippen LogP contribution in [-0.2, 0) is 5.75 Å². The second kappa shape index (κ2) is 7.77. The Morgan fingerprint density at radius 1 is 1.22 bits per heavy atom. The summed E-state index contributed by atoms with van der Waals surface area (Å²) in [5.74, 6) is 0.780. The molecule has 0 spiro atoms. The molecule has 0 saturated carbocycles. The van der Waals surface area contributed by atoms with Gasteiger partial charge in [0.15, 0.2) is 0 Å². The Bertz CT molecular complexity index is 817. The van der Waals surface area contributed by atoms with Crippen molar-refractivity contribution in [3.8, 4) is 0 Å². The van der Waals surface area contributed by atoms with E-state index in [-0.39, 0.29) is 0 Å². The second-order valence-corrected chi connectivity index (χ2v) is 6.97. The zero-order valence-corrected chi connectivity index (χ0v) is 15.1. The van der Waals surface area contributed by atoms with Gasteiger partial charge in [0.2, 0.25) is 5.16 Å². The van der Waals surface area contributed by atoms with Crippen LogP contribution in [0.3, 0.4) is 0 Å². The molecule has 0 atom stereocenters. The van der Waals surface area contributed by atoms with E-state index in [9.17, 15) is 0 Å². The Labute approximate surface area is 151 Å². The first kappa shape index (κ1) is 16.2. The Kier molecular flexibility index (Phi) is 5.48. The zero-order chi connectivity index (χ0) is 16.1. The normalized spacial score (nSPS) is 11.2. The lowest BCUT2D eigenvalue weighted by molar-refractivity contribution is 0.767. The number of hydrogen-bond donors (Lipinski definition) is 0. The summed E-state index contributed by atoms with van der Waals surface area (Å²) in [4.78, 5) is 0. The average Bonchev–Trinajstić information content (AvgIpc) is 3.00. The minimum Gasteiger partial charge on any atom is -0.195 e. The van der Waals surface area contributed by atoms with Crippen LogP contribution >= 0.6 is 39.3 Å². The van der Waals surface area contributed by atoms with Crippen molar-refractivity contribution in [3.63, 3.8) is 0 Å². The number of rotatable bonds is 5. The summed E-state index contributed by atoms with van der Waals surface area (Å²) in [6, 6.07) is 15.7. The van der Waals surface area contributed by atoms with Gasteiger partial charge in [-0.2, -0.15) is 9.78 Å². The molecule has 0 aliphatic rings. The summed E-state index contributed by atoms with van der Waals surface area (Å²) in [5.41, 5.74) is 2.17. The highest BCUT2D eigenvalue weighted by Gasteiger charge is 2.04. The van der Waals surface area contributed by atoms with E-state index in [1.807, 2.05) is 48.5 Å². The van der Waals surface area contributed by atoms with E-state index in [0.29, 0.717) is 0 Å². The second-order valence-electron chi connectivity index (χ2n) is 4.67. The van der Waals surface area contributed by atoms with E-state index in [1.54, 1.807) is 29.0 Å². The van der Waals surface area contributed by atoms with Gasteiger partial charge in [-0.05, 0) is 35.4 Å². The van der Waals surface area contributed by atoms with Gasteiger partial charge in [0.25, 0.3) is 0 Å². The van der Waals surface area contributed by atoms with Crippen LogP contribution in [0.15, 0.2) is 69.6 Å². The molecular weight excluding hydrogens is 396 g/mol. The van der Waals surface area contributed by atoms with Gasteiger partial charge < -0.3 is 0 Å². The molecule has 0 N–H and O–H groups in total. The van der Waals surface area contributed by atoms with Crippen molar-refractivity contribution in [1.82, 2.24) is 14.9 Å². The van der Waals surface area contributed by atoms with Gasteiger partial charge in [0, 0.05) is 15.2 Å². The molecule has 1 heterocycles. The Hall–Kier alpha value is -1.63. The maximum absolute atomic E-state index is 5.89. The molecule has 116 valence electrons. The molecule has 7 heteroatoms. The highest BCUT2D eigenvalue weighted by molar-refractivity contribution is 9.10. The molecule has 0 amide bonds. The van der Waals surface area contributed by atoms with Crippen molar-refractivity contribution in [3.05, 3.63) is 75.5 Å². The summed E-state index contributed by atoms with van der Waals surface area (Å²) in [6.07, 6.45) is 3.37. The van der Waals surface area contributed by atoms with Gasteiger partial charge in [0.1, 0.15) is 6.33 Å². The Morgan fingerprint density at radius 2 is 2.04 bits per heavy atom. The standard InChI is InChI=1S/C16H12BrClN4S/c17-14-3-1-2-13(8-14)9-20-22-11-19-21-16(22)23-10-12-4-6-15(18)7-5-12/h1-9,11H,10H2/b20-9+. The number of halogens is 2. The summed E-state index contributed by atoms with van der Waals surface area (Å²) < 4.78 is 2.68. The van der Waals surface area contributed by atoms with Crippen LogP contribution < -0.4 is 0 Å². The van der Waals surface area contributed by atoms with Gasteiger partial charge in [-0.3, -0.25) is 0 Å². The smallest absolute Gasteiger partial charge is 0.195 e. The zero-order valence-electron chi connectivity index (χ0n) is 11.9. The fourth-order valence-corrected chi connectivity index (χ4v) is 3.20. The molecule has 0 bridgehead atoms. The van der Waals surface area contributed by atoms with Gasteiger partial charge in [-0.15, -0.1) is 10.2 Å². The molecule has 0 aliphatic carbocycles.